The zero-order chi connectivity index (χ0) is 9.19. The normalized spacial score (nSPS) is 28.6. The summed E-state index contributed by atoms with van der Waals surface area (Å²) in [5.41, 5.74) is -0.146. The predicted octanol–water partition coefficient (Wildman–Crippen LogP) is -0.150. The molecule has 66 valence electrons. The van der Waals surface area contributed by atoms with Crippen molar-refractivity contribution in [2.45, 2.75) is 13.3 Å². The van der Waals surface area contributed by atoms with E-state index in [0.717, 1.165) is 6.42 Å². The van der Waals surface area contributed by atoms with Gasteiger partial charge in [-0.1, -0.05) is 6.92 Å². The first-order valence-electron chi connectivity index (χ1n) is 3.98. The van der Waals surface area contributed by atoms with E-state index in [4.69, 9.17) is 11.5 Å². The van der Waals surface area contributed by atoms with Crippen molar-refractivity contribution >= 4 is 5.91 Å². The van der Waals surface area contributed by atoms with Crippen LogP contribution in [0, 0.1) is 17.8 Å². The third kappa shape index (κ3) is 1.59. The molecule has 1 atom stereocenters. The lowest BCUT2D eigenvalue weighted by Gasteiger charge is -2.20. The first kappa shape index (κ1) is 9.08. The van der Waals surface area contributed by atoms with E-state index in [1.807, 2.05) is 6.92 Å². The maximum atomic E-state index is 11.0. The van der Waals surface area contributed by atoms with E-state index in [9.17, 15) is 4.79 Å². The molecular formula is C9H13NO2. The average molecular weight is 167 g/mol. The summed E-state index contributed by atoms with van der Waals surface area (Å²) < 4.78 is 0. The van der Waals surface area contributed by atoms with Crippen LogP contribution in [-0.4, -0.2) is 35.6 Å². The van der Waals surface area contributed by atoms with Gasteiger partial charge in [-0.05, 0) is 12.3 Å². The van der Waals surface area contributed by atoms with Gasteiger partial charge >= 0.3 is 0 Å². The Hall–Kier alpha value is -1.01. The number of nitrogens with zero attached hydrogens (tertiary/aromatic N) is 1. The van der Waals surface area contributed by atoms with Crippen LogP contribution in [0.4, 0.5) is 0 Å². The van der Waals surface area contributed by atoms with Gasteiger partial charge in [0.05, 0.1) is 6.61 Å². The van der Waals surface area contributed by atoms with Crippen LogP contribution in [0.5, 0.6) is 0 Å². The molecule has 1 aliphatic rings. The van der Waals surface area contributed by atoms with Crippen LogP contribution in [-0.2, 0) is 4.79 Å². The Morgan fingerprint density at radius 3 is 2.92 bits per heavy atom. The van der Waals surface area contributed by atoms with Crippen LogP contribution in [0.25, 0.3) is 0 Å². The van der Waals surface area contributed by atoms with Crippen LogP contribution in [0.2, 0.25) is 0 Å². The van der Waals surface area contributed by atoms with E-state index in [1.165, 1.54) is 0 Å². The number of aliphatic hydroxyl groups is 1. The Bertz CT molecular complexity index is 231. The van der Waals surface area contributed by atoms with Gasteiger partial charge in [0.15, 0.2) is 0 Å². The highest BCUT2D eigenvalue weighted by molar-refractivity contribution is 5.93. The van der Waals surface area contributed by atoms with Crippen molar-refractivity contribution in [1.29, 1.82) is 0 Å². The number of aliphatic hydroxyl groups excluding tert-OH is 1. The topological polar surface area (TPSA) is 40.5 Å². The Morgan fingerprint density at radius 2 is 2.50 bits per heavy atom. The van der Waals surface area contributed by atoms with Crippen molar-refractivity contribution in [3.8, 4) is 12.3 Å². The van der Waals surface area contributed by atoms with Gasteiger partial charge in [-0.15, -0.1) is 6.42 Å². The number of hydrogen-bond acceptors (Lipinski definition) is 2. The lowest BCUT2D eigenvalue weighted by Crippen LogP contribution is -2.31. The molecule has 1 aliphatic heterocycles. The number of amides is 1. The molecular weight excluding hydrogens is 154 g/mol. The summed E-state index contributed by atoms with van der Waals surface area (Å²) in [6.07, 6.45) is 5.81. The van der Waals surface area contributed by atoms with Crippen molar-refractivity contribution in [3.63, 3.8) is 0 Å². The molecule has 3 heteroatoms. The quantitative estimate of drug-likeness (QED) is 0.552. The van der Waals surface area contributed by atoms with E-state index in [-0.39, 0.29) is 17.9 Å². The van der Waals surface area contributed by atoms with Gasteiger partial charge in [-0.25, -0.2) is 0 Å². The largest absolute Gasteiger partial charge is 0.396 e. The molecule has 3 nitrogen and oxygen atoms in total. The van der Waals surface area contributed by atoms with Crippen molar-refractivity contribution < 1.29 is 9.90 Å². The SMILES string of the molecule is C#CC(=O)N1CCC(C)(CO)C1. The number of carbonyl (C=O) groups excluding carboxylic acids is 1. The molecule has 1 fully saturated rings. The summed E-state index contributed by atoms with van der Waals surface area (Å²) in [6.45, 7) is 3.31. The monoisotopic (exact) mass is 167 g/mol. The molecule has 1 N–H and O–H groups in total. The van der Waals surface area contributed by atoms with E-state index in [2.05, 4.69) is 5.92 Å². The fourth-order valence-corrected chi connectivity index (χ4v) is 1.42. The van der Waals surface area contributed by atoms with Gasteiger partial charge in [-0.3, -0.25) is 4.79 Å². The predicted molar refractivity (Wildman–Crippen MR) is 45.2 cm³/mol. The molecule has 1 amide bonds. The summed E-state index contributed by atoms with van der Waals surface area (Å²) in [7, 11) is 0. The molecule has 0 aromatic carbocycles. The Balaban J connectivity index is 2.58. The van der Waals surface area contributed by atoms with E-state index >= 15 is 0 Å². The molecule has 0 aromatic heterocycles. The number of terminal acetylenes is 1. The summed E-state index contributed by atoms with van der Waals surface area (Å²) in [5, 5.41) is 9.01. The van der Waals surface area contributed by atoms with Gasteiger partial charge in [0, 0.05) is 18.5 Å². The molecule has 12 heavy (non-hydrogen) atoms. The molecule has 1 rings (SSSR count). The lowest BCUT2D eigenvalue weighted by atomic mass is 9.91. The fraction of sp³-hybridized carbons (Fsp3) is 0.667. The van der Waals surface area contributed by atoms with Crippen molar-refractivity contribution in [1.82, 2.24) is 4.90 Å². The number of hydrogen-bond donors (Lipinski definition) is 1. The minimum Gasteiger partial charge on any atom is -0.396 e. The molecule has 1 heterocycles. The minimum atomic E-state index is -0.271. The summed E-state index contributed by atoms with van der Waals surface area (Å²) in [6, 6.07) is 0. The van der Waals surface area contributed by atoms with Crippen LogP contribution in [0.1, 0.15) is 13.3 Å². The molecule has 0 spiro atoms. The van der Waals surface area contributed by atoms with E-state index in [0.29, 0.717) is 13.1 Å². The lowest BCUT2D eigenvalue weighted by molar-refractivity contribution is -0.124. The number of likely N-dealkylation sites (tertiary alicyclic amines) is 1. The van der Waals surface area contributed by atoms with Crippen LogP contribution >= 0.6 is 0 Å². The second-order valence-electron chi connectivity index (χ2n) is 3.59. The molecule has 0 bridgehead atoms. The number of rotatable bonds is 1. The molecule has 1 saturated heterocycles. The van der Waals surface area contributed by atoms with Gasteiger partial charge in [0.2, 0.25) is 0 Å². The highest BCUT2D eigenvalue weighted by atomic mass is 16.3. The highest BCUT2D eigenvalue weighted by Crippen LogP contribution is 2.28. The zero-order valence-electron chi connectivity index (χ0n) is 7.21. The van der Waals surface area contributed by atoms with E-state index in [1.54, 1.807) is 4.90 Å². The van der Waals surface area contributed by atoms with Gasteiger partial charge in [0.1, 0.15) is 0 Å². The second-order valence-corrected chi connectivity index (χ2v) is 3.59. The average Bonchev–Trinajstić information content (AvgIpc) is 2.48. The Kier molecular flexibility index (Phi) is 2.39. The maximum absolute atomic E-state index is 11.0. The Morgan fingerprint density at radius 1 is 1.83 bits per heavy atom. The van der Waals surface area contributed by atoms with Crippen LogP contribution in [0.15, 0.2) is 0 Å². The first-order chi connectivity index (χ1) is 5.61. The first-order valence-corrected chi connectivity index (χ1v) is 3.98. The van der Waals surface area contributed by atoms with Gasteiger partial charge in [0.25, 0.3) is 5.91 Å². The molecule has 0 saturated carbocycles. The minimum absolute atomic E-state index is 0.112. The highest BCUT2D eigenvalue weighted by Gasteiger charge is 2.34. The third-order valence-corrected chi connectivity index (χ3v) is 2.35. The van der Waals surface area contributed by atoms with Gasteiger partial charge in [-0.2, -0.15) is 0 Å². The Labute approximate surface area is 72.4 Å². The standard InChI is InChI=1S/C9H13NO2/c1-3-8(12)10-5-4-9(2,6-10)7-11/h1,11H,4-7H2,2H3. The third-order valence-electron chi connectivity index (χ3n) is 2.35. The van der Waals surface area contributed by atoms with Crippen molar-refractivity contribution in [3.05, 3.63) is 0 Å². The summed E-state index contributed by atoms with van der Waals surface area (Å²) in [4.78, 5) is 12.6. The van der Waals surface area contributed by atoms with Crippen LogP contribution in [0.3, 0.4) is 0 Å². The molecule has 0 aliphatic carbocycles. The van der Waals surface area contributed by atoms with E-state index < -0.39 is 0 Å². The number of carbonyl (C=O) groups is 1. The molecule has 0 aromatic rings. The van der Waals surface area contributed by atoms with Crippen molar-refractivity contribution in [2.24, 2.45) is 5.41 Å². The second kappa shape index (κ2) is 3.16. The summed E-state index contributed by atoms with van der Waals surface area (Å²) in [5.74, 6) is 1.80. The summed E-state index contributed by atoms with van der Waals surface area (Å²) >= 11 is 0. The molecule has 1 unspecified atom stereocenters. The van der Waals surface area contributed by atoms with Gasteiger partial charge < -0.3 is 10.0 Å². The zero-order valence-corrected chi connectivity index (χ0v) is 7.21. The van der Waals surface area contributed by atoms with Crippen LogP contribution < -0.4 is 0 Å². The van der Waals surface area contributed by atoms with Crippen molar-refractivity contribution in [2.75, 3.05) is 19.7 Å². The maximum Gasteiger partial charge on any atom is 0.298 e. The molecule has 0 radical (unpaired) electrons. The smallest absolute Gasteiger partial charge is 0.298 e. The fourth-order valence-electron chi connectivity index (χ4n) is 1.42.